The maximum Gasteiger partial charge on any atom is 0.0471 e. The molecule has 1 heterocycles. The van der Waals surface area contributed by atoms with E-state index < -0.39 is 0 Å². The first-order valence-corrected chi connectivity index (χ1v) is 6.97. The molecule has 18 heavy (non-hydrogen) atoms. The van der Waals surface area contributed by atoms with Crippen LogP contribution in [0.3, 0.4) is 0 Å². The van der Waals surface area contributed by atoms with Crippen LogP contribution in [0.15, 0.2) is 18.2 Å². The van der Waals surface area contributed by atoms with E-state index in [4.69, 9.17) is 17.3 Å². The number of rotatable bonds is 3. The number of benzene rings is 1. The van der Waals surface area contributed by atoms with E-state index in [9.17, 15) is 0 Å². The van der Waals surface area contributed by atoms with Crippen LogP contribution in [0.25, 0.3) is 0 Å². The van der Waals surface area contributed by atoms with E-state index in [0.29, 0.717) is 12.6 Å². The van der Waals surface area contributed by atoms with Crippen molar-refractivity contribution in [3.05, 3.63) is 28.8 Å². The van der Waals surface area contributed by atoms with Crippen molar-refractivity contribution in [3.63, 3.8) is 0 Å². The summed E-state index contributed by atoms with van der Waals surface area (Å²) in [7, 11) is 0. The Labute approximate surface area is 115 Å². The molecule has 1 saturated heterocycles. The molecule has 2 N–H and O–H groups in total. The summed E-state index contributed by atoms with van der Waals surface area (Å²) in [5, 5.41) is 0.779. The van der Waals surface area contributed by atoms with Crippen molar-refractivity contribution in [1.82, 2.24) is 4.90 Å². The quantitative estimate of drug-likeness (QED) is 0.912. The molecule has 0 atom stereocenters. The van der Waals surface area contributed by atoms with Gasteiger partial charge in [-0.2, -0.15) is 0 Å². The Morgan fingerprint density at radius 2 is 1.89 bits per heavy atom. The van der Waals surface area contributed by atoms with Gasteiger partial charge in [-0.15, -0.1) is 0 Å². The lowest BCUT2D eigenvalue weighted by atomic mass is 10.1. The van der Waals surface area contributed by atoms with Crippen molar-refractivity contribution >= 4 is 17.3 Å². The van der Waals surface area contributed by atoms with Gasteiger partial charge in [-0.1, -0.05) is 17.7 Å². The number of halogens is 1. The Hall–Kier alpha value is -0.770. The minimum absolute atomic E-state index is 0.500. The summed E-state index contributed by atoms with van der Waals surface area (Å²) < 4.78 is 0. The van der Waals surface area contributed by atoms with Gasteiger partial charge in [0, 0.05) is 49.5 Å². The van der Waals surface area contributed by atoms with Crippen molar-refractivity contribution < 1.29 is 0 Å². The van der Waals surface area contributed by atoms with Gasteiger partial charge in [-0.3, -0.25) is 4.90 Å². The molecule has 4 heteroatoms. The lowest BCUT2D eigenvalue weighted by Crippen LogP contribution is -2.48. The molecule has 100 valence electrons. The van der Waals surface area contributed by atoms with Crippen LogP contribution in [0.2, 0.25) is 5.02 Å². The van der Waals surface area contributed by atoms with Crippen LogP contribution < -0.4 is 10.6 Å². The van der Waals surface area contributed by atoms with E-state index in [1.165, 1.54) is 5.69 Å². The highest BCUT2D eigenvalue weighted by molar-refractivity contribution is 6.31. The van der Waals surface area contributed by atoms with E-state index in [0.717, 1.165) is 36.8 Å². The minimum Gasteiger partial charge on any atom is -0.369 e. The summed E-state index contributed by atoms with van der Waals surface area (Å²) in [6.45, 7) is 9.38. The van der Waals surface area contributed by atoms with Gasteiger partial charge in [0.2, 0.25) is 0 Å². The molecule has 1 fully saturated rings. The van der Waals surface area contributed by atoms with Gasteiger partial charge in [0.15, 0.2) is 0 Å². The number of nitrogens with zero attached hydrogens (tertiary/aromatic N) is 2. The average molecular weight is 268 g/mol. The lowest BCUT2D eigenvalue weighted by Gasteiger charge is -2.38. The molecule has 1 aromatic carbocycles. The van der Waals surface area contributed by atoms with Gasteiger partial charge in [-0.25, -0.2) is 0 Å². The van der Waals surface area contributed by atoms with Gasteiger partial charge >= 0.3 is 0 Å². The molecule has 0 bridgehead atoms. The summed E-state index contributed by atoms with van der Waals surface area (Å²) in [5.41, 5.74) is 7.85. The van der Waals surface area contributed by atoms with Crippen molar-refractivity contribution in [2.75, 3.05) is 31.1 Å². The molecule has 0 amide bonds. The molecule has 0 saturated carbocycles. The summed E-state index contributed by atoms with van der Waals surface area (Å²) in [6.07, 6.45) is 0. The average Bonchev–Trinajstić information content (AvgIpc) is 2.38. The number of hydrogen-bond acceptors (Lipinski definition) is 3. The second-order valence-corrected chi connectivity index (χ2v) is 5.50. The van der Waals surface area contributed by atoms with Gasteiger partial charge in [-0.05, 0) is 31.5 Å². The van der Waals surface area contributed by atoms with Gasteiger partial charge < -0.3 is 10.6 Å². The Balaban J connectivity index is 2.03. The number of nitrogens with two attached hydrogens (primary N) is 1. The minimum atomic E-state index is 0.500. The molecule has 0 spiro atoms. The van der Waals surface area contributed by atoms with Crippen molar-refractivity contribution in [2.45, 2.75) is 26.4 Å². The van der Waals surface area contributed by atoms with Crippen LogP contribution in [0.5, 0.6) is 0 Å². The van der Waals surface area contributed by atoms with E-state index in [2.05, 4.69) is 29.7 Å². The number of anilines is 1. The van der Waals surface area contributed by atoms with E-state index >= 15 is 0 Å². The van der Waals surface area contributed by atoms with E-state index in [1.807, 2.05) is 12.1 Å². The Morgan fingerprint density at radius 1 is 1.22 bits per heavy atom. The van der Waals surface area contributed by atoms with Crippen molar-refractivity contribution in [1.29, 1.82) is 0 Å². The molecule has 0 aromatic heterocycles. The molecular formula is C14H22ClN3. The van der Waals surface area contributed by atoms with Crippen LogP contribution >= 0.6 is 11.6 Å². The third-order valence-electron chi connectivity index (χ3n) is 3.67. The standard InChI is InChI=1S/C14H22ClN3/c1-11(2)17-5-7-18(8-6-17)13-4-3-12(10-16)14(15)9-13/h3-4,9,11H,5-8,10,16H2,1-2H3. The number of hydrogen-bond donors (Lipinski definition) is 1. The molecule has 0 radical (unpaired) electrons. The molecule has 0 aliphatic carbocycles. The zero-order valence-electron chi connectivity index (χ0n) is 11.2. The zero-order chi connectivity index (χ0) is 13.1. The highest BCUT2D eigenvalue weighted by Gasteiger charge is 2.19. The smallest absolute Gasteiger partial charge is 0.0471 e. The first kappa shape index (κ1) is 13.7. The van der Waals surface area contributed by atoms with Gasteiger partial charge in [0.05, 0.1) is 0 Å². The van der Waals surface area contributed by atoms with Crippen molar-refractivity contribution in [3.8, 4) is 0 Å². The van der Waals surface area contributed by atoms with Crippen LogP contribution in [-0.4, -0.2) is 37.1 Å². The first-order valence-electron chi connectivity index (χ1n) is 6.59. The monoisotopic (exact) mass is 267 g/mol. The Bertz CT molecular complexity index is 398. The second-order valence-electron chi connectivity index (χ2n) is 5.10. The zero-order valence-corrected chi connectivity index (χ0v) is 12.0. The summed E-state index contributed by atoms with van der Waals surface area (Å²) in [4.78, 5) is 4.90. The van der Waals surface area contributed by atoms with Gasteiger partial charge in [0.1, 0.15) is 0 Å². The molecule has 0 unspecified atom stereocenters. The van der Waals surface area contributed by atoms with E-state index in [1.54, 1.807) is 0 Å². The van der Waals surface area contributed by atoms with Crippen molar-refractivity contribution in [2.24, 2.45) is 5.73 Å². The first-order chi connectivity index (χ1) is 8.61. The van der Waals surface area contributed by atoms with Gasteiger partial charge in [0.25, 0.3) is 0 Å². The second kappa shape index (κ2) is 5.91. The summed E-state index contributed by atoms with van der Waals surface area (Å²) in [6, 6.07) is 6.83. The normalized spacial score (nSPS) is 17.5. The summed E-state index contributed by atoms with van der Waals surface area (Å²) >= 11 is 6.21. The SMILES string of the molecule is CC(C)N1CCN(c2ccc(CN)c(Cl)c2)CC1. The molecule has 1 aromatic rings. The predicted molar refractivity (Wildman–Crippen MR) is 78.3 cm³/mol. The van der Waals surface area contributed by atoms with Crippen LogP contribution in [-0.2, 0) is 6.54 Å². The Morgan fingerprint density at radius 3 is 2.39 bits per heavy atom. The van der Waals surface area contributed by atoms with Crippen LogP contribution in [0.1, 0.15) is 19.4 Å². The third kappa shape index (κ3) is 2.97. The fourth-order valence-corrected chi connectivity index (χ4v) is 2.65. The largest absolute Gasteiger partial charge is 0.369 e. The fraction of sp³-hybridized carbons (Fsp3) is 0.571. The maximum absolute atomic E-state index is 6.21. The molecule has 2 rings (SSSR count). The lowest BCUT2D eigenvalue weighted by molar-refractivity contribution is 0.209. The molecular weight excluding hydrogens is 246 g/mol. The molecule has 1 aliphatic heterocycles. The topological polar surface area (TPSA) is 32.5 Å². The fourth-order valence-electron chi connectivity index (χ4n) is 2.39. The molecule has 1 aliphatic rings. The van der Waals surface area contributed by atoms with Crippen LogP contribution in [0, 0.1) is 0 Å². The van der Waals surface area contributed by atoms with Crippen LogP contribution in [0.4, 0.5) is 5.69 Å². The highest BCUT2D eigenvalue weighted by atomic mass is 35.5. The molecule has 3 nitrogen and oxygen atoms in total. The maximum atomic E-state index is 6.21. The number of piperazine rings is 1. The highest BCUT2D eigenvalue weighted by Crippen LogP contribution is 2.24. The Kier molecular flexibility index (Phi) is 4.49. The third-order valence-corrected chi connectivity index (χ3v) is 4.02. The summed E-state index contributed by atoms with van der Waals surface area (Å²) in [5.74, 6) is 0. The predicted octanol–water partition coefficient (Wildman–Crippen LogP) is 2.33. The van der Waals surface area contributed by atoms with E-state index in [-0.39, 0.29) is 0 Å².